The Bertz CT molecular complexity index is 822. The molecule has 140 valence electrons. The molecule has 2 aromatic rings. The van der Waals surface area contributed by atoms with Crippen LogP contribution in [0.4, 0.5) is 9.18 Å². The van der Waals surface area contributed by atoms with Crippen molar-refractivity contribution in [2.24, 2.45) is 0 Å². The molecule has 1 amide bonds. The van der Waals surface area contributed by atoms with Crippen molar-refractivity contribution in [1.82, 2.24) is 15.1 Å². The Kier molecular flexibility index (Phi) is 5.34. The summed E-state index contributed by atoms with van der Waals surface area (Å²) in [6.07, 6.45) is -0.835. The number of nitrogens with zero attached hydrogens (tertiary/aromatic N) is 2. The van der Waals surface area contributed by atoms with Gasteiger partial charge in [0.15, 0.2) is 6.04 Å². The van der Waals surface area contributed by atoms with E-state index < -0.39 is 23.7 Å². The van der Waals surface area contributed by atoms with Crippen LogP contribution >= 0.6 is 0 Å². The van der Waals surface area contributed by atoms with Crippen LogP contribution < -0.4 is 5.32 Å². The molecule has 1 aromatic carbocycles. The lowest BCUT2D eigenvalue weighted by Crippen LogP contribution is -2.38. The van der Waals surface area contributed by atoms with E-state index in [0.717, 1.165) is 0 Å². The number of carbonyl (C=O) groups excluding carboxylic acids is 1. The van der Waals surface area contributed by atoms with Gasteiger partial charge in [-0.05, 0) is 58.9 Å². The second-order valence-corrected chi connectivity index (χ2v) is 6.89. The number of carbonyl (C=O) groups is 2. The lowest BCUT2D eigenvalue weighted by Gasteiger charge is -2.22. The third kappa shape index (κ3) is 4.38. The van der Waals surface area contributed by atoms with Crippen LogP contribution in [0.15, 0.2) is 24.3 Å². The average Bonchev–Trinajstić information content (AvgIpc) is 2.79. The molecule has 0 spiro atoms. The molecule has 0 aliphatic rings. The molecule has 0 aliphatic carbocycles. The van der Waals surface area contributed by atoms with Gasteiger partial charge >= 0.3 is 12.1 Å². The molecular weight excluding hydrogens is 341 g/mol. The van der Waals surface area contributed by atoms with Crippen LogP contribution in [0.1, 0.15) is 43.8 Å². The maximum absolute atomic E-state index is 13.1. The molecule has 8 heteroatoms. The summed E-state index contributed by atoms with van der Waals surface area (Å²) in [7, 11) is 0. The standard InChI is InChI=1S/C18H22FN3O4/c1-10-14(15(16(23)24)20-17(25)26-18(3,4)5)11(2)22(21-10)13-8-6-12(19)7-9-13/h6-9,15H,1-5H3,(H,20,25)(H,23,24). The molecule has 0 radical (unpaired) electrons. The molecule has 0 bridgehead atoms. The number of carboxylic acids is 1. The topological polar surface area (TPSA) is 93.5 Å². The van der Waals surface area contributed by atoms with Crippen molar-refractivity contribution >= 4 is 12.1 Å². The zero-order chi connectivity index (χ0) is 19.6. The Balaban J connectivity index is 2.39. The fourth-order valence-corrected chi connectivity index (χ4v) is 2.59. The summed E-state index contributed by atoms with van der Waals surface area (Å²) in [5, 5.41) is 16.3. The first-order valence-electron chi connectivity index (χ1n) is 8.04. The van der Waals surface area contributed by atoms with Gasteiger partial charge in [0.2, 0.25) is 0 Å². The number of hydrogen-bond donors (Lipinski definition) is 2. The number of benzene rings is 1. The van der Waals surface area contributed by atoms with Gasteiger partial charge in [-0.1, -0.05) is 0 Å². The van der Waals surface area contributed by atoms with Crippen molar-refractivity contribution < 1.29 is 23.8 Å². The Labute approximate surface area is 150 Å². The first-order valence-corrected chi connectivity index (χ1v) is 8.04. The molecular formula is C18H22FN3O4. The van der Waals surface area contributed by atoms with Crippen LogP contribution in [-0.4, -0.2) is 32.6 Å². The van der Waals surface area contributed by atoms with Crippen molar-refractivity contribution in [3.8, 4) is 5.69 Å². The SMILES string of the molecule is Cc1nn(-c2ccc(F)cc2)c(C)c1C(NC(=O)OC(C)(C)C)C(=O)O. The number of nitrogens with one attached hydrogen (secondary N) is 1. The van der Waals surface area contributed by atoms with Gasteiger partial charge in [-0.3, -0.25) is 0 Å². The summed E-state index contributed by atoms with van der Waals surface area (Å²) in [6.45, 7) is 8.39. The summed E-state index contributed by atoms with van der Waals surface area (Å²) in [5.41, 5.74) is 1.15. The Morgan fingerprint density at radius 3 is 2.31 bits per heavy atom. The van der Waals surface area contributed by atoms with Crippen LogP contribution in [0.3, 0.4) is 0 Å². The van der Waals surface area contributed by atoms with Crippen LogP contribution in [0, 0.1) is 19.7 Å². The summed E-state index contributed by atoms with van der Waals surface area (Å²) in [5.74, 6) is -1.62. The molecule has 26 heavy (non-hydrogen) atoms. The molecule has 2 rings (SSSR count). The van der Waals surface area contributed by atoms with E-state index in [4.69, 9.17) is 4.74 Å². The summed E-state index contributed by atoms with van der Waals surface area (Å²) >= 11 is 0. The molecule has 2 N–H and O–H groups in total. The van der Waals surface area contributed by atoms with Gasteiger partial charge in [0.1, 0.15) is 11.4 Å². The highest BCUT2D eigenvalue weighted by Gasteiger charge is 2.30. The van der Waals surface area contributed by atoms with Crippen LogP contribution in [0.25, 0.3) is 5.69 Å². The number of rotatable bonds is 4. The normalized spacial score (nSPS) is 12.5. The number of hydrogen-bond acceptors (Lipinski definition) is 4. The molecule has 1 unspecified atom stereocenters. The number of ether oxygens (including phenoxy) is 1. The van der Waals surface area contributed by atoms with Gasteiger partial charge in [0.05, 0.1) is 11.4 Å². The third-order valence-electron chi connectivity index (χ3n) is 3.62. The number of aryl methyl sites for hydroxylation is 1. The zero-order valence-electron chi connectivity index (χ0n) is 15.3. The Hall–Kier alpha value is -2.90. The summed E-state index contributed by atoms with van der Waals surface area (Å²) < 4.78 is 19.8. The predicted molar refractivity (Wildman–Crippen MR) is 92.7 cm³/mol. The smallest absolute Gasteiger partial charge is 0.408 e. The van der Waals surface area contributed by atoms with Crippen molar-refractivity contribution in [3.63, 3.8) is 0 Å². The van der Waals surface area contributed by atoms with E-state index in [9.17, 15) is 19.1 Å². The Morgan fingerprint density at radius 2 is 1.81 bits per heavy atom. The lowest BCUT2D eigenvalue weighted by atomic mass is 10.1. The number of aromatic nitrogens is 2. The van der Waals surface area contributed by atoms with Gasteiger partial charge in [-0.25, -0.2) is 18.7 Å². The number of carboxylic acid groups (broad SMARTS) is 1. The van der Waals surface area contributed by atoms with Crippen molar-refractivity contribution in [3.05, 3.63) is 47.0 Å². The summed E-state index contributed by atoms with van der Waals surface area (Å²) in [4.78, 5) is 23.8. The molecule has 0 aliphatic heterocycles. The van der Waals surface area contributed by atoms with Gasteiger partial charge in [-0.2, -0.15) is 5.10 Å². The van der Waals surface area contributed by atoms with E-state index in [2.05, 4.69) is 10.4 Å². The van der Waals surface area contributed by atoms with Crippen molar-refractivity contribution in [2.45, 2.75) is 46.3 Å². The predicted octanol–water partition coefficient (Wildman–Crippen LogP) is 3.28. The average molecular weight is 363 g/mol. The van der Waals surface area contributed by atoms with E-state index in [1.165, 1.54) is 28.9 Å². The van der Waals surface area contributed by atoms with Crippen molar-refractivity contribution in [2.75, 3.05) is 0 Å². The van der Waals surface area contributed by atoms with Gasteiger partial charge in [0.25, 0.3) is 0 Å². The zero-order valence-corrected chi connectivity index (χ0v) is 15.3. The van der Waals surface area contributed by atoms with Crippen LogP contribution in [0.5, 0.6) is 0 Å². The molecule has 1 aromatic heterocycles. The number of alkyl carbamates (subject to hydrolysis) is 1. The minimum absolute atomic E-state index is 0.354. The second kappa shape index (κ2) is 7.15. The third-order valence-corrected chi connectivity index (χ3v) is 3.62. The van der Waals surface area contributed by atoms with E-state index in [-0.39, 0.29) is 5.82 Å². The molecule has 0 saturated carbocycles. The highest BCUT2D eigenvalue weighted by atomic mass is 19.1. The van der Waals surface area contributed by atoms with E-state index in [1.54, 1.807) is 34.6 Å². The fourth-order valence-electron chi connectivity index (χ4n) is 2.59. The van der Waals surface area contributed by atoms with E-state index in [1.807, 2.05) is 0 Å². The van der Waals surface area contributed by atoms with Crippen LogP contribution in [-0.2, 0) is 9.53 Å². The first kappa shape index (κ1) is 19.4. The fraction of sp³-hybridized carbons (Fsp3) is 0.389. The van der Waals surface area contributed by atoms with Gasteiger partial charge in [-0.15, -0.1) is 0 Å². The maximum atomic E-state index is 13.1. The second-order valence-electron chi connectivity index (χ2n) is 6.89. The van der Waals surface area contributed by atoms with Crippen molar-refractivity contribution in [1.29, 1.82) is 0 Å². The number of aliphatic carboxylic acids is 1. The van der Waals surface area contributed by atoms with Crippen LogP contribution in [0.2, 0.25) is 0 Å². The highest BCUT2D eigenvalue weighted by Crippen LogP contribution is 2.25. The molecule has 7 nitrogen and oxygen atoms in total. The molecule has 0 fully saturated rings. The van der Waals surface area contributed by atoms with E-state index in [0.29, 0.717) is 22.6 Å². The molecule has 0 saturated heterocycles. The highest BCUT2D eigenvalue weighted by molar-refractivity contribution is 5.82. The lowest BCUT2D eigenvalue weighted by molar-refractivity contribution is -0.139. The number of halogens is 1. The summed E-state index contributed by atoms with van der Waals surface area (Å²) in [6, 6.07) is 4.34. The maximum Gasteiger partial charge on any atom is 0.408 e. The largest absolute Gasteiger partial charge is 0.479 e. The first-order chi connectivity index (χ1) is 12.0. The quantitative estimate of drug-likeness (QED) is 0.869. The molecule has 1 atom stereocenters. The van der Waals surface area contributed by atoms with Gasteiger partial charge < -0.3 is 15.2 Å². The Morgan fingerprint density at radius 1 is 1.23 bits per heavy atom. The minimum Gasteiger partial charge on any atom is -0.479 e. The minimum atomic E-state index is -1.32. The van der Waals surface area contributed by atoms with Gasteiger partial charge in [0, 0.05) is 11.3 Å². The molecule has 1 heterocycles. The number of amides is 1. The van der Waals surface area contributed by atoms with E-state index >= 15 is 0 Å². The monoisotopic (exact) mass is 363 g/mol.